The number of rotatable bonds is 4. The first-order valence-electron chi connectivity index (χ1n) is 6.44. The quantitative estimate of drug-likeness (QED) is 0.914. The second-order valence-corrected chi connectivity index (χ2v) is 4.94. The van der Waals surface area contributed by atoms with Crippen LogP contribution in [0.4, 0.5) is 4.39 Å². The summed E-state index contributed by atoms with van der Waals surface area (Å²) in [6.07, 6.45) is 3.02. The largest absolute Gasteiger partial charge is 0.385 e. The van der Waals surface area contributed by atoms with Crippen LogP contribution in [0, 0.1) is 5.82 Å². The van der Waals surface area contributed by atoms with E-state index in [0.29, 0.717) is 5.56 Å². The van der Waals surface area contributed by atoms with Gasteiger partial charge in [-0.2, -0.15) is 0 Å². The molecule has 1 aromatic carbocycles. The lowest BCUT2D eigenvalue weighted by molar-refractivity contribution is 0.0528. The molecule has 100 valence electrons. The fourth-order valence-electron chi connectivity index (χ4n) is 2.11. The van der Waals surface area contributed by atoms with Crippen LogP contribution in [0.25, 0.3) is 0 Å². The maximum atomic E-state index is 13.7. The van der Waals surface area contributed by atoms with Gasteiger partial charge in [0.25, 0.3) is 0 Å². The van der Waals surface area contributed by atoms with E-state index in [4.69, 9.17) is 0 Å². The molecular weight excluding hydrogens is 241 g/mol. The molecule has 0 aliphatic rings. The van der Waals surface area contributed by atoms with Gasteiger partial charge in [0.15, 0.2) is 0 Å². The van der Waals surface area contributed by atoms with Gasteiger partial charge < -0.3 is 5.11 Å². The van der Waals surface area contributed by atoms with Gasteiger partial charge in [0, 0.05) is 23.9 Å². The van der Waals surface area contributed by atoms with Crippen LogP contribution < -0.4 is 0 Å². The van der Waals surface area contributed by atoms with Crippen molar-refractivity contribution in [1.29, 1.82) is 0 Å². The number of aryl methyl sites for hydroxylation is 1. The lowest BCUT2D eigenvalue weighted by Crippen LogP contribution is -2.26. The highest BCUT2D eigenvalue weighted by atomic mass is 19.1. The Labute approximate surface area is 112 Å². The van der Waals surface area contributed by atoms with Crippen molar-refractivity contribution in [2.24, 2.45) is 0 Å². The minimum atomic E-state index is -1.26. The van der Waals surface area contributed by atoms with Crippen molar-refractivity contribution < 1.29 is 9.50 Å². The van der Waals surface area contributed by atoms with Crippen molar-refractivity contribution in [3.63, 3.8) is 0 Å². The molecule has 2 aromatic rings. The molecule has 0 saturated carbocycles. The zero-order chi connectivity index (χ0) is 13.9. The Hall–Kier alpha value is -1.74. The number of aliphatic hydroxyl groups is 1. The van der Waals surface area contributed by atoms with E-state index >= 15 is 0 Å². The molecule has 1 unspecified atom stereocenters. The summed E-state index contributed by atoms with van der Waals surface area (Å²) in [6.45, 7) is 3.67. The molecule has 0 fully saturated rings. The molecule has 2 rings (SSSR count). The number of hydrogen-bond donors (Lipinski definition) is 1. The van der Waals surface area contributed by atoms with E-state index < -0.39 is 11.4 Å². The van der Waals surface area contributed by atoms with E-state index in [0.717, 1.165) is 17.7 Å². The van der Waals surface area contributed by atoms with Crippen LogP contribution in [-0.2, 0) is 18.4 Å². The van der Waals surface area contributed by atoms with Crippen LogP contribution in [0.1, 0.15) is 30.7 Å². The Morgan fingerprint density at radius 2 is 1.95 bits per heavy atom. The summed E-state index contributed by atoms with van der Waals surface area (Å²) in [7, 11) is 0. The van der Waals surface area contributed by atoms with E-state index in [1.807, 2.05) is 12.1 Å². The third-order valence-electron chi connectivity index (χ3n) is 3.27. The first kappa shape index (κ1) is 13.7. The second kappa shape index (κ2) is 5.49. The molecule has 3 heteroatoms. The van der Waals surface area contributed by atoms with E-state index in [9.17, 15) is 9.50 Å². The van der Waals surface area contributed by atoms with E-state index in [2.05, 4.69) is 11.9 Å². The third kappa shape index (κ3) is 3.18. The Morgan fingerprint density at radius 3 is 2.53 bits per heavy atom. The molecule has 1 N–H and O–H groups in total. The van der Waals surface area contributed by atoms with Gasteiger partial charge >= 0.3 is 0 Å². The monoisotopic (exact) mass is 259 g/mol. The fraction of sp³-hybridized carbons (Fsp3) is 0.312. The molecule has 1 aromatic heterocycles. The molecule has 0 saturated heterocycles. The Kier molecular flexibility index (Phi) is 3.96. The smallest absolute Gasteiger partial charge is 0.129 e. The topological polar surface area (TPSA) is 33.1 Å². The average molecular weight is 259 g/mol. The van der Waals surface area contributed by atoms with E-state index in [-0.39, 0.29) is 6.42 Å². The van der Waals surface area contributed by atoms with Crippen LogP contribution in [0.3, 0.4) is 0 Å². The summed E-state index contributed by atoms with van der Waals surface area (Å²) in [5, 5.41) is 10.5. The van der Waals surface area contributed by atoms with E-state index in [1.54, 1.807) is 31.3 Å². The summed E-state index contributed by atoms with van der Waals surface area (Å²) in [6, 6.07) is 10.2. The molecule has 2 nitrogen and oxygen atoms in total. The number of pyridine rings is 1. The van der Waals surface area contributed by atoms with Crippen molar-refractivity contribution >= 4 is 0 Å². The van der Waals surface area contributed by atoms with Gasteiger partial charge in [-0.05, 0) is 31.0 Å². The van der Waals surface area contributed by atoms with Crippen molar-refractivity contribution in [2.45, 2.75) is 32.3 Å². The van der Waals surface area contributed by atoms with Crippen LogP contribution in [0.15, 0.2) is 42.6 Å². The predicted octanol–water partition coefficient (Wildman–Crippen LogP) is 3.23. The average Bonchev–Trinajstić information content (AvgIpc) is 2.39. The zero-order valence-electron chi connectivity index (χ0n) is 11.2. The Morgan fingerprint density at radius 1 is 1.21 bits per heavy atom. The summed E-state index contributed by atoms with van der Waals surface area (Å²) >= 11 is 0. The highest BCUT2D eigenvalue weighted by Crippen LogP contribution is 2.26. The highest BCUT2D eigenvalue weighted by molar-refractivity contribution is 5.26. The lowest BCUT2D eigenvalue weighted by Gasteiger charge is -2.24. The standard InChI is InChI=1S/C16H18FNO/c1-3-12-8-9-13(18-11-12)10-16(2,19)14-6-4-5-7-15(14)17/h4-9,11,19H,3,10H2,1-2H3. The summed E-state index contributed by atoms with van der Waals surface area (Å²) < 4.78 is 13.7. The van der Waals surface area contributed by atoms with E-state index in [1.165, 1.54) is 6.07 Å². The van der Waals surface area contributed by atoms with Gasteiger partial charge in [-0.15, -0.1) is 0 Å². The van der Waals surface area contributed by atoms with Crippen molar-refractivity contribution in [3.05, 3.63) is 65.2 Å². The molecule has 0 aliphatic carbocycles. The molecule has 19 heavy (non-hydrogen) atoms. The van der Waals surface area contributed by atoms with Gasteiger partial charge in [0.2, 0.25) is 0 Å². The van der Waals surface area contributed by atoms with Crippen LogP contribution in [-0.4, -0.2) is 10.1 Å². The maximum absolute atomic E-state index is 13.7. The summed E-state index contributed by atoms with van der Waals surface area (Å²) in [5.41, 5.74) is 0.947. The van der Waals surface area contributed by atoms with Crippen molar-refractivity contribution in [2.75, 3.05) is 0 Å². The number of aromatic nitrogens is 1. The first-order valence-corrected chi connectivity index (χ1v) is 6.44. The maximum Gasteiger partial charge on any atom is 0.129 e. The number of hydrogen-bond acceptors (Lipinski definition) is 2. The number of benzene rings is 1. The minimum absolute atomic E-state index is 0.290. The Balaban J connectivity index is 2.23. The number of nitrogens with zero attached hydrogens (tertiary/aromatic N) is 1. The summed E-state index contributed by atoms with van der Waals surface area (Å²) in [4.78, 5) is 4.31. The molecular formula is C16H18FNO. The van der Waals surface area contributed by atoms with Gasteiger partial charge in [-0.25, -0.2) is 4.39 Å². The predicted molar refractivity (Wildman–Crippen MR) is 73.3 cm³/mol. The van der Waals surface area contributed by atoms with Crippen LogP contribution >= 0.6 is 0 Å². The third-order valence-corrected chi connectivity index (χ3v) is 3.27. The molecule has 1 heterocycles. The zero-order valence-corrected chi connectivity index (χ0v) is 11.2. The number of halogens is 1. The highest BCUT2D eigenvalue weighted by Gasteiger charge is 2.27. The van der Waals surface area contributed by atoms with Crippen molar-refractivity contribution in [1.82, 2.24) is 4.98 Å². The Bertz CT molecular complexity index is 549. The normalized spacial score (nSPS) is 14.1. The van der Waals surface area contributed by atoms with Gasteiger partial charge in [0.05, 0.1) is 5.60 Å². The lowest BCUT2D eigenvalue weighted by atomic mass is 9.90. The van der Waals surface area contributed by atoms with Gasteiger partial charge in [-0.3, -0.25) is 4.98 Å². The van der Waals surface area contributed by atoms with Crippen LogP contribution in [0.2, 0.25) is 0 Å². The molecule has 0 amide bonds. The second-order valence-electron chi connectivity index (χ2n) is 4.94. The van der Waals surface area contributed by atoms with Crippen molar-refractivity contribution in [3.8, 4) is 0 Å². The van der Waals surface area contributed by atoms with Crippen LogP contribution in [0.5, 0.6) is 0 Å². The summed E-state index contributed by atoms with van der Waals surface area (Å²) in [5.74, 6) is -0.391. The molecule has 1 atom stereocenters. The first-order chi connectivity index (χ1) is 9.03. The molecule has 0 radical (unpaired) electrons. The SMILES string of the molecule is CCc1ccc(CC(C)(O)c2ccccc2F)nc1. The minimum Gasteiger partial charge on any atom is -0.385 e. The van der Waals surface area contributed by atoms with Gasteiger partial charge in [-0.1, -0.05) is 31.2 Å². The van der Waals surface area contributed by atoms with Gasteiger partial charge in [0.1, 0.15) is 5.82 Å². The fourth-order valence-corrected chi connectivity index (χ4v) is 2.11. The molecule has 0 spiro atoms. The molecule has 0 bridgehead atoms. The molecule has 0 aliphatic heterocycles.